The van der Waals surface area contributed by atoms with Gasteiger partial charge in [-0.2, -0.15) is 0 Å². The Labute approximate surface area is 53.4 Å². The standard InChI is InChI=1S/C4H10N4O/c1-3(2)8-4(5)9-7-6-8/h3-4H,5H2,1-2H3. The SMILES string of the molecule is CC(C)N1N=NOC1N. The van der Waals surface area contributed by atoms with Crippen LogP contribution in [0.15, 0.2) is 10.5 Å². The molecule has 0 amide bonds. The van der Waals surface area contributed by atoms with Crippen molar-refractivity contribution in [2.45, 2.75) is 26.2 Å². The van der Waals surface area contributed by atoms with Gasteiger partial charge in [0.15, 0.2) is 0 Å². The van der Waals surface area contributed by atoms with E-state index in [0.717, 1.165) is 0 Å². The van der Waals surface area contributed by atoms with E-state index in [1.54, 1.807) is 5.01 Å². The van der Waals surface area contributed by atoms with Gasteiger partial charge in [0.25, 0.3) is 6.35 Å². The molecule has 0 aliphatic carbocycles. The molecule has 1 aliphatic heterocycles. The highest BCUT2D eigenvalue weighted by molar-refractivity contribution is 4.57. The second-order valence-electron chi connectivity index (χ2n) is 2.14. The van der Waals surface area contributed by atoms with Crippen LogP contribution in [0.1, 0.15) is 13.8 Å². The molecule has 5 nitrogen and oxygen atoms in total. The van der Waals surface area contributed by atoms with Crippen molar-refractivity contribution < 1.29 is 4.84 Å². The van der Waals surface area contributed by atoms with Gasteiger partial charge in [-0.25, -0.2) is 5.01 Å². The van der Waals surface area contributed by atoms with Gasteiger partial charge in [0.2, 0.25) is 0 Å². The van der Waals surface area contributed by atoms with Gasteiger partial charge in [0.1, 0.15) is 0 Å². The number of nitrogens with zero attached hydrogens (tertiary/aromatic N) is 3. The number of hydrogen-bond acceptors (Lipinski definition) is 5. The zero-order chi connectivity index (χ0) is 6.85. The van der Waals surface area contributed by atoms with Gasteiger partial charge in [0.05, 0.1) is 0 Å². The molecule has 52 valence electrons. The first-order chi connectivity index (χ1) is 4.22. The van der Waals surface area contributed by atoms with E-state index < -0.39 is 6.35 Å². The third-order valence-electron chi connectivity index (χ3n) is 1.08. The summed E-state index contributed by atoms with van der Waals surface area (Å²) in [7, 11) is 0. The van der Waals surface area contributed by atoms with E-state index in [4.69, 9.17) is 5.73 Å². The third-order valence-corrected chi connectivity index (χ3v) is 1.08. The Morgan fingerprint density at radius 2 is 2.33 bits per heavy atom. The highest BCUT2D eigenvalue weighted by atomic mass is 16.7. The first kappa shape index (κ1) is 6.28. The van der Waals surface area contributed by atoms with E-state index in [9.17, 15) is 0 Å². The summed E-state index contributed by atoms with van der Waals surface area (Å²) in [5, 5.41) is 8.50. The zero-order valence-corrected chi connectivity index (χ0v) is 5.48. The van der Waals surface area contributed by atoms with E-state index >= 15 is 0 Å². The molecular weight excluding hydrogens is 120 g/mol. The van der Waals surface area contributed by atoms with E-state index in [1.165, 1.54) is 0 Å². The summed E-state index contributed by atoms with van der Waals surface area (Å²) >= 11 is 0. The smallest absolute Gasteiger partial charge is 0.271 e. The van der Waals surface area contributed by atoms with Gasteiger partial charge in [-0.1, -0.05) is 0 Å². The maximum absolute atomic E-state index is 5.40. The van der Waals surface area contributed by atoms with Crippen LogP contribution in [0.3, 0.4) is 0 Å². The normalized spacial score (nSPS) is 25.3. The van der Waals surface area contributed by atoms with Crippen molar-refractivity contribution in [3.05, 3.63) is 0 Å². The Kier molecular flexibility index (Phi) is 1.52. The molecule has 9 heavy (non-hydrogen) atoms. The average molecular weight is 130 g/mol. The summed E-state index contributed by atoms with van der Waals surface area (Å²) in [5.41, 5.74) is 5.40. The first-order valence-corrected chi connectivity index (χ1v) is 2.82. The molecule has 0 bridgehead atoms. The van der Waals surface area contributed by atoms with Crippen LogP contribution in [0.25, 0.3) is 0 Å². The molecule has 1 unspecified atom stereocenters. The molecule has 0 aromatic carbocycles. The van der Waals surface area contributed by atoms with Crippen LogP contribution in [-0.2, 0) is 4.84 Å². The van der Waals surface area contributed by atoms with Gasteiger partial charge in [0, 0.05) is 11.3 Å². The van der Waals surface area contributed by atoms with E-state index in [2.05, 4.69) is 15.3 Å². The number of hydrogen-bond donors (Lipinski definition) is 1. The summed E-state index contributed by atoms with van der Waals surface area (Å²) < 4.78 is 0. The van der Waals surface area contributed by atoms with Crippen molar-refractivity contribution in [2.75, 3.05) is 0 Å². The van der Waals surface area contributed by atoms with Crippen LogP contribution in [0.2, 0.25) is 0 Å². The molecule has 0 radical (unpaired) electrons. The highest BCUT2D eigenvalue weighted by Gasteiger charge is 2.21. The molecule has 5 heteroatoms. The summed E-state index contributed by atoms with van der Waals surface area (Å²) in [4.78, 5) is 4.59. The molecule has 0 saturated heterocycles. The fraction of sp³-hybridized carbons (Fsp3) is 1.00. The lowest BCUT2D eigenvalue weighted by atomic mass is 10.4. The minimum absolute atomic E-state index is 0.242. The fourth-order valence-electron chi connectivity index (χ4n) is 0.608. The quantitative estimate of drug-likeness (QED) is 0.553. The van der Waals surface area contributed by atoms with Crippen LogP contribution >= 0.6 is 0 Å². The molecule has 0 aromatic heterocycles. The summed E-state index contributed by atoms with van der Waals surface area (Å²) in [5.74, 6) is 0. The Balaban J connectivity index is 2.49. The van der Waals surface area contributed by atoms with E-state index in [0.29, 0.717) is 0 Å². The minimum Gasteiger partial charge on any atom is -0.334 e. The van der Waals surface area contributed by atoms with Crippen molar-refractivity contribution in [3.63, 3.8) is 0 Å². The van der Waals surface area contributed by atoms with Crippen molar-refractivity contribution in [1.29, 1.82) is 0 Å². The second kappa shape index (κ2) is 2.18. The summed E-state index contributed by atoms with van der Waals surface area (Å²) in [6.07, 6.45) is -0.495. The molecule has 1 atom stereocenters. The molecule has 2 N–H and O–H groups in total. The Hall–Kier alpha value is -0.840. The Morgan fingerprint density at radius 1 is 1.67 bits per heavy atom. The van der Waals surface area contributed by atoms with E-state index in [1.807, 2.05) is 13.8 Å². The molecular formula is C4H10N4O. The molecule has 0 spiro atoms. The molecule has 1 rings (SSSR count). The van der Waals surface area contributed by atoms with Crippen molar-refractivity contribution >= 4 is 0 Å². The molecule has 1 heterocycles. The molecule has 0 aromatic rings. The number of nitrogens with two attached hydrogens (primary N) is 1. The zero-order valence-electron chi connectivity index (χ0n) is 5.48. The lowest BCUT2D eigenvalue weighted by molar-refractivity contribution is -0.00597. The van der Waals surface area contributed by atoms with Gasteiger partial charge in [-0.05, 0) is 19.1 Å². The van der Waals surface area contributed by atoms with Gasteiger partial charge >= 0.3 is 0 Å². The monoisotopic (exact) mass is 130 g/mol. The maximum atomic E-state index is 5.40. The van der Waals surface area contributed by atoms with Crippen molar-refractivity contribution in [1.82, 2.24) is 5.01 Å². The fourth-order valence-corrected chi connectivity index (χ4v) is 0.608. The van der Waals surface area contributed by atoms with Gasteiger partial charge < -0.3 is 4.84 Å². The predicted molar refractivity (Wildman–Crippen MR) is 30.9 cm³/mol. The molecule has 1 aliphatic rings. The van der Waals surface area contributed by atoms with Crippen molar-refractivity contribution in [2.24, 2.45) is 16.2 Å². The summed E-state index contributed by atoms with van der Waals surface area (Å²) in [6, 6.07) is 0.242. The van der Waals surface area contributed by atoms with Gasteiger partial charge in [-0.15, -0.1) is 0 Å². The topological polar surface area (TPSA) is 63.2 Å². The van der Waals surface area contributed by atoms with Crippen molar-refractivity contribution in [3.8, 4) is 0 Å². The first-order valence-electron chi connectivity index (χ1n) is 2.82. The number of rotatable bonds is 1. The van der Waals surface area contributed by atoms with Crippen LogP contribution in [0.4, 0.5) is 0 Å². The predicted octanol–water partition coefficient (Wildman–Crippen LogP) is 0.252. The van der Waals surface area contributed by atoms with Crippen LogP contribution in [0.5, 0.6) is 0 Å². The van der Waals surface area contributed by atoms with Crippen LogP contribution < -0.4 is 5.73 Å². The molecule has 0 fully saturated rings. The molecule has 0 saturated carbocycles. The highest BCUT2D eigenvalue weighted by Crippen LogP contribution is 2.10. The largest absolute Gasteiger partial charge is 0.334 e. The lowest BCUT2D eigenvalue weighted by Crippen LogP contribution is -2.39. The van der Waals surface area contributed by atoms with E-state index in [-0.39, 0.29) is 6.04 Å². The lowest BCUT2D eigenvalue weighted by Gasteiger charge is -2.18. The Morgan fingerprint density at radius 3 is 2.56 bits per heavy atom. The maximum Gasteiger partial charge on any atom is 0.271 e. The average Bonchev–Trinajstić information content (AvgIpc) is 2.13. The Bertz CT molecular complexity index is 124. The van der Waals surface area contributed by atoms with Gasteiger partial charge in [-0.3, -0.25) is 5.73 Å². The van der Waals surface area contributed by atoms with Crippen LogP contribution in [-0.4, -0.2) is 17.4 Å². The van der Waals surface area contributed by atoms with Crippen LogP contribution in [0, 0.1) is 0 Å². The minimum atomic E-state index is -0.495. The second-order valence-corrected chi connectivity index (χ2v) is 2.14. The summed E-state index contributed by atoms with van der Waals surface area (Å²) in [6.45, 7) is 3.93. The third kappa shape index (κ3) is 1.10.